The van der Waals surface area contributed by atoms with E-state index in [9.17, 15) is 4.39 Å². The molecule has 0 amide bonds. The molecule has 1 fully saturated rings. The second-order valence-corrected chi connectivity index (χ2v) is 4.64. The van der Waals surface area contributed by atoms with E-state index in [1.165, 1.54) is 6.07 Å². The standard InChI is InChI=1S/C11H14BrFN2/c1-14-8-5-6-15(7-8)11-9(12)3-2-4-10(11)13/h2-4,8,14H,5-7H2,1H3. The zero-order valence-electron chi connectivity index (χ0n) is 8.63. The average molecular weight is 273 g/mol. The largest absolute Gasteiger partial charge is 0.367 e. The molecule has 0 aromatic heterocycles. The van der Waals surface area contributed by atoms with Crippen LogP contribution in [0.25, 0.3) is 0 Å². The number of para-hydroxylation sites is 1. The van der Waals surface area contributed by atoms with Gasteiger partial charge >= 0.3 is 0 Å². The van der Waals surface area contributed by atoms with E-state index in [0.717, 1.165) is 24.0 Å². The van der Waals surface area contributed by atoms with Crippen LogP contribution >= 0.6 is 15.9 Å². The van der Waals surface area contributed by atoms with Crippen LogP contribution in [-0.4, -0.2) is 26.2 Å². The third-order valence-electron chi connectivity index (χ3n) is 2.85. The molecule has 1 aliphatic heterocycles. The molecule has 1 unspecified atom stereocenters. The number of hydrogen-bond acceptors (Lipinski definition) is 2. The zero-order chi connectivity index (χ0) is 10.8. The first kappa shape index (κ1) is 10.9. The van der Waals surface area contributed by atoms with Crippen LogP contribution in [0, 0.1) is 5.82 Å². The number of nitrogens with zero attached hydrogens (tertiary/aromatic N) is 1. The van der Waals surface area contributed by atoms with Gasteiger partial charge in [-0.3, -0.25) is 0 Å². The van der Waals surface area contributed by atoms with Gasteiger partial charge in [-0.05, 0) is 41.5 Å². The molecule has 1 saturated heterocycles. The Hall–Kier alpha value is -0.610. The maximum Gasteiger partial charge on any atom is 0.147 e. The number of halogens is 2. The fourth-order valence-electron chi connectivity index (χ4n) is 1.99. The second-order valence-electron chi connectivity index (χ2n) is 3.79. The number of anilines is 1. The third-order valence-corrected chi connectivity index (χ3v) is 3.49. The van der Waals surface area contributed by atoms with E-state index in [4.69, 9.17) is 0 Å². The Kier molecular flexibility index (Phi) is 3.26. The molecule has 4 heteroatoms. The quantitative estimate of drug-likeness (QED) is 0.890. The van der Waals surface area contributed by atoms with Gasteiger partial charge in [-0.1, -0.05) is 6.07 Å². The molecule has 15 heavy (non-hydrogen) atoms. The summed E-state index contributed by atoms with van der Waals surface area (Å²) in [7, 11) is 1.95. The van der Waals surface area contributed by atoms with Crippen molar-refractivity contribution in [3.63, 3.8) is 0 Å². The van der Waals surface area contributed by atoms with Crippen LogP contribution in [0.4, 0.5) is 10.1 Å². The smallest absolute Gasteiger partial charge is 0.147 e. The normalized spacial score (nSPS) is 21.0. The van der Waals surface area contributed by atoms with E-state index in [1.54, 1.807) is 6.07 Å². The first-order chi connectivity index (χ1) is 7.22. The molecule has 0 spiro atoms. The van der Waals surface area contributed by atoms with Crippen LogP contribution in [0.5, 0.6) is 0 Å². The van der Waals surface area contributed by atoms with Crippen LogP contribution in [0.3, 0.4) is 0 Å². The predicted molar refractivity (Wildman–Crippen MR) is 63.8 cm³/mol. The molecule has 2 rings (SSSR count). The highest BCUT2D eigenvalue weighted by molar-refractivity contribution is 9.10. The molecule has 1 aromatic carbocycles. The van der Waals surface area contributed by atoms with Crippen LogP contribution in [0.15, 0.2) is 22.7 Å². The van der Waals surface area contributed by atoms with Gasteiger partial charge in [-0.25, -0.2) is 4.39 Å². The van der Waals surface area contributed by atoms with Crippen LogP contribution in [0.1, 0.15) is 6.42 Å². The summed E-state index contributed by atoms with van der Waals surface area (Å²) in [6, 6.07) is 5.57. The molecule has 82 valence electrons. The first-order valence-corrected chi connectivity index (χ1v) is 5.88. The molecule has 1 aliphatic rings. The maximum atomic E-state index is 13.6. The molecule has 0 saturated carbocycles. The third kappa shape index (κ3) is 2.16. The summed E-state index contributed by atoms with van der Waals surface area (Å²) >= 11 is 3.40. The Balaban J connectivity index is 2.23. The Labute approximate surface area is 97.6 Å². The van der Waals surface area contributed by atoms with Crippen molar-refractivity contribution in [3.8, 4) is 0 Å². The molecule has 0 aliphatic carbocycles. The first-order valence-electron chi connectivity index (χ1n) is 5.08. The summed E-state index contributed by atoms with van der Waals surface area (Å²) in [6.07, 6.45) is 1.07. The van der Waals surface area contributed by atoms with Gasteiger partial charge < -0.3 is 10.2 Å². The lowest BCUT2D eigenvalue weighted by molar-refractivity contribution is 0.608. The number of likely N-dealkylation sites (N-methyl/N-ethyl adjacent to an activating group) is 1. The van der Waals surface area contributed by atoms with Crippen LogP contribution < -0.4 is 10.2 Å². The minimum atomic E-state index is -0.152. The Morgan fingerprint density at radius 3 is 2.93 bits per heavy atom. The highest BCUT2D eigenvalue weighted by Gasteiger charge is 2.24. The van der Waals surface area contributed by atoms with Crippen molar-refractivity contribution >= 4 is 21.6 Å². The predicted octanol–water partition coefficient (Wildman–Crippen LogP) is 2.39. The Bertz CT molecular complexity index is 336. The number of nitrogens with one attached hydrogen (secondary N) is 1. The fourth-order valence-corrected chi connectivity index (χ4v) is 2.58. The van der Waals surface area contributed by atoms with Crippen molar-refractivity contribution in [1.29, 1.82) is 0 Å². The molecule has 0 bridgehead atoms. The summed E-state index contributed by atoms with van der Waals surface area (Å²) in [5.74, 6) is -0.152. The number of benzene rings is 1. The van der Waals surface area contributed by atoms with Gasteiger partial charge in [-0.15, -0.1) is 0 Å². The van der Waals surface area contributed by atoms with Crippen LogP contribution in [0.2, 0.25) is 0 Å². The lowest BCUT2D eigenvalue weighted by Crippen LogP contribution is -2.30. The minimum Gasteiger partial charge on any atom is -0.367 e. The Morgan fingerprint density at radius 2 is 2.33 bits per heavy atom. The number of hydrogen-bond donors (Lipinski definition) is 1. The topological polar surface area (TPSA) is 15.3 Å². The van der Waals surface area contributed by atoms with Crippen LogP contribution in [-0.2, 0) is 0 Å². The molecule has 1 heterocycles. The van der Waals surface area contributed by atoms with Gasteiger partial charge in [0.05, 0.1) is 5.69 Å². The molecule has 1 aromatic rings. The minimum absolute atomic E-state index is 0.152. The van der Waals surface area contributed by atoms with Gasteiger partial charge in [0.2, 0.25) is 0 Å². The second kappa shape index (κ2) is 4.49. The molecule has 2 nitrogen and oxygen atoms in total. The van der Waals surface area contributed by atoms with E-state index >= 15 is 0 Å². The molecule has 1 N–H and O–H groups in total. The fraction of sp³-hybridized carbons (Fsp3) is 0.455. The summed E-state index contributed by atoms with van der Waals surface area (Å²) in [5.41, 5.74) is 0.690. The zero-order valence-corrected chi connectivity index (χ0v) is 10.2. The van der Waals surface area contributed by atoms with Gasteiger partial charge in [0, 0.05) is 23.6 Å². The summed E-state index contributed by atoms with van der Waals surface area (Å²) < 4.78 is 14.5. The lowest BCUT2D eigenvalue weighted by Gasteiger charge is -2.20. The SMILES string of the molecule is CNC1CCN(c2c(F)cccc2Br)C1. The summed E-state index contributed by atoms with van der Waals surface area (Å²) in [4.78, 5) is 2.08. The van der Waals surface area contributed by atoms with Crippen molar-refractivity contribution in [3.05, 3.63) is 28.5 Å². The molecule has 0 radical (unpaired) electrons. The van der Waals surface area contributed by atoms with Crippen molar-refractivity contribution in [2.45, 2.75) is 12.5 Å². The molecular weight excluding hydrogens is 259 g/mol. The summed E-state index contributed by atoms with van der Waals surface area (Å²) in [5, 5.41) is 3.22. The van der Waals surface area contributed by atoms with E-state index < -0.39 is 0 Å². The monoisotopic (exact) mass is 272 g/mol. The average Bonchev–Trinajstić information content (AvgIpc) is 2.66. The van der Waals surface area contributed by atoms with Gasteiger partial charge in [0.15, 0.2) is 0 Å². The van der Waals surface area contributed by atoms with Gasteiger partial charge in [0.1, 0.15) is 5.82 Å². The van der Waals surface area contributed by atoms with Crippen molar-refractivity contribution in [1.82, 2.24) is 5.32 Å². The molecule has 1 atom stereocenters. The lowest BCUT2D eigenvalue weighted by atomic mass is 10.3. The van der Waals surface area contributed by atoms with E-state index in [2.05, 4.69) is 26.1 Å². The number of rotatable bonds is 2. The van der Waals surface area contributed by atoms with Crippen molar-refractivity contribution in [2.24, 2.45) is 0 Å². The highest BCUT2D eigenvalue weighted by Crippen LogP contribution is 2.31. The summed E-state index contributed by atoms with van der Waals surface area (Å²) in [6.45, 7) is 1.78. The van der Waals surface area contributed by atoms with E-state index in [-0.39, 0.29) is 5.82 Å². The molecular formula is C11H14BrFN2. The van der Waals surface area contributed by atoms with Crippen molar-refractivity contribution in [2.75, 3.05) is 25.0 Å². The Morgan fingerprint density at radius 1 is 1.53 bits per heavy atom. The van der Waals surface area contributed by atoms with Gasteiger partial charge in [0.25, 0.3) is 0 Å². The highest BCUT2D eigenvalue weighted by atomic mass is 79.9. The van der Waals surface area contributed by atoms with Crippen molar-refractivity contribution < 1.29 is 4.39 Å². The van der Waals surface area contributed by atoms with Gasteiger partial charge in [-0.2, -0.15) is 0 Å². The maximum absolute atomic E-state index is 13.6. The van der Waals surface area contributed by atoms with E-state index in [1.807, 2.05) is 13.1 Å². The van der Waals surface area contributed by atoms with E-state index in [0.29, 0.717) is 11.7 Å².